The van der Waals surface area contributed by atoms with E-state index in [0.717, 1.165) is 4.47 Å². The van der Waals surface area contributed by atoms with Gasteiger partial charge in [0, 0.05) is 4.47 Å². The smallest absolute Gasteiger partial charge is 0.315 e. The van der Waals surface area contributed by atoms with Crippen molar-refractivity contribution in [2.75, 3.05) is 7.11 Å². The van der Waals surface area contributed by atoms with Crippen LogP contribution < -0.4 is 4.74 Å². The standard InChI is InChI=1S/C15H15BrO5/c1-15(2,14(19)20-3)13-10(7-17)12(18)9-6-8(16)4-5-11(9)21-13/h4-7,13,17H,1-3H3. The van der Waals surface area contributed by atoms with Gasteiger partial charge in [0.25, 0.3) is 0 Å². The lowest BCUT2D eigenvalue weighted by Gasteiger charge is -2.36. The number of esters is 1. The minimum absolute atomic E-state index is 0.0241. The quantitative estimate of drug-likeness (QED) is 0.502. The second kappa shape index (κ2) is 5.52. The second-order valence-electron chi connectivity index (χ2n) is 5.27. The number of Topliss-reactive ketones (excluding diaryl/α,β-unsaturated/α-hetero) is 1. The number of ketones is 1. The first-order chi connectivity index (χ1) is 9.82. The van der Waals surface area contributed by atoms with Gasteiger partial charge in [-0.3, -0.25) is 9.59 Å². The minimum atomic E-state index is -1.12. The summed E-state index contributed by atoms with van der Waals surface area (Å²) >= 11 is 3.28. The predicted molar refractivity (Wildman–Crippen MR) is 79.4 cm³/mol. The van der Waals surface area contributed by atoms with Gasteiger partial charge < -0.3 is 14.6 Å². The highest BCUT2D eigenvalue weighted by molar-refractivity contribution is 9.10. The van der Waals surface area contributed by atoms with Crippen molar-refractivity contribution in [2.45, 2.75) is 20.0 Å². The van der Waals surface area contributed by atoms with E-state index in [9.17, 15) is 14.7 Å². The molecule has 1 aliphatic heterocycles. The van der Waals surface area contributed by atoms with E-state index < -0.39 is 17.5 Å². The number of hydrogen-bond donors (Lipinski definition) is 1. The molecule has 1 aromatic carbocycles. The molecule has 0 spiro atoms. The third kappa shape index (κ3) is 2.55. The average molecular weight is 355 g/mol. The second-order valence-corrected chi connectivity index (χ2v) is 6.18. The van der Waals surface area contributed by atoms with Gasteiger partial charge in [-0.25, -0.2) is 0 Å². The van der Waals surface area contributed by atoms with Gasteiger partial charge in [-0.1, -0.05) is 15.9 Å². The van der Waals surface area contributed by atoms with E-state index in [-0.39, 0.29) is 11.4 Å². The first-order valence-corrected chi connectivity index (χ1v) is 7.05. The van der Waals surface area contributed by atoms with E-state index in [0.29, 0.717) is 17.6 Å². The molecule has 5 nitrogen and oxygen atoms in total. The predicted octanol–water partition coefficient (Wildman–Crippen LogP) is 3.03. The molecule has 0 radical (unpaired) electrons. The maximum Gasteiger partial charge on any atom is 0.315 e. The number of aliphatic hydroxyl groups excluding tert-OH is 1. The van der Waals surface area contributed by atoms with Gasteiger partial charge in [-0.05, 0) is 32.0 Å². The molecule has 1 N–H and O–H groups in total. The Kier molecular flexibility index (Phi) is 4.09. The maximum absolute atomic E-state index is 12.5. The van der Waals surface area contributed by atoms with Gasteiger partial charge in [0.05, 0.1) is 24.5 Å². The van der Waals surface area contributed by atoms with Crippen molar-refractivity contribution in [3.05, 3.63) is 40.1 Å². The molecular formula is C15H15BrO5. The number of aliphatic hydroxyl groups is 1. The largest absolute Gasteiger partial charge is 0.515 e. The molecule has 21 heavy (non-hydrogen) atoms. The highest BCUT2D eigenvalue weighted by Gasteiger charge is 2.47. The van der Waals surface area contributed by atoms with Crippen LogP contribution in [-0.2, 0) is 9.53 Å². The van der Waals surface area contributed by atoms with Crippen LogP contribution in [0.25, 0.3) is 0 Å². The van der Waals surface area contributed by atoms with E-state index in [2.05, 4.69) is 15.9 Å². The molecule has 1 unspecified atom stereocenters. The van der Waals surface area contributed by atoms with Crippen molar-refractivity contribution in [1.29, 1.82) is 0 Å². The number of methoxy groups -OCH3 is 1. The number of ether oxygens (including phenoxy) is 2. The number of halogens is 1. The average Bonchev–Trinajstić information content (AvgIpc) is 2.46. The normalized spacial score (nSPS) is 19.9. The highest BCUT2D eigenvalue weighted by atomic mass is 79.9. The Hall–Kier alpha value is -1.82. The number of benzene rings is 1. The zero-order chi connectivity index (χ0) is 15.8. The van der Waals surface area contributed by atoms with Crippen LogP contribution in [-0.4, -0.2) is 30.1 Å². The van der Waals surface area contributed by atoms with Gasteiger partial charge in [0.1, 0.15) is 17.3 Å². The zero-order valence-electron chi connectivity index (χ0n) is 11.8. The van der Waals surface area contributed by atoms with Crippen molar-refractivity contribution in [2.24, 2.45) is 5.41 Å². The Morgan fingerprint density at radius 1 is 1.48 bits per heavy atom. The highest BCUT2D eigenvalue weighted by Crippen LogP contribution is 2.39. The Balaban J connectivity index is 2.54. The number of hydrogen-bond acceptors (Lipinski definition) is 5. The fraction of sp³-hybridized carbons (Fsp3) is 0.333. The lowest BCUT2D eigenvalue weighted by atomic mass is 9.79. The Bertz CT molecular complexity index is 633. The van der Waals surface area contributed by atoms with Crippen LogP contribution in [0, 0.1) is 5.41 Å². The maximum atomic E-state index is 12.5. The van der Waals surface area contributed by atoms with Crippen LogP contribution in [0.4, 0.5) is 0 Å². The summed E-state index contributed by atoms with van der Waals surface area (Å²) in [5.41, 5.74) is -0.762. The van der Waals surface area contributed by atoms with Gasteiger partial charge in [-0.2, -0.15) is 0 Å². The molecule has 0 aromatic heterocycles. The topological polar surface area (TPSA) is 72.8 Å². The Morgan fingerprint density at radius 3 is 2.71 bits per heavy atom. The first kappa shape index (κ1) is 15.6. The van der Waals surface area contributed by atoms with Gasteiger partial charge in [-0.15, -0.1) is 0 Å². The molecule has 2 rings (SSSR count). The van der Waals surface area contributed by atoms with Crippen molar-refractivity contribution in [3.8, 4) is 5.75 Å². The molecule has 0 aliphatic carbocycles. The number of fused-ring (bicyclic) bond motifs is 1. The summed E-state index contributed by atoms with van der Waals surface area (Å²) in [4.78, 5) is 24.4. The first-order valence-electron chi connectivity index (χ1n) is 6.26. The summed E-state index contributed by atoms with van der Waals surface area (Å²) in [6.07, 6.45) is -0.224. The number of carbonyl (C=O) groups excluding carboxylic acids is 2. The van der Waals surface area contributed by atoms with E-state index >= 15 is 0 Å². The molecule has 0 saturated heterocycles. The van der Waals surface area contributed by atoms with Crippen molar-refractivity contribution in [3.63, 3.8) is 0 Å². The lowest BCUT2D eigenvalue weighted by molar-refractivity contribution is -0.155. The van der Waals surface area contributed by atoms with Gasteiger partial charge in [0.2, 0.25) is 0 Å². The molecule has 1 atom stereocenters. The van der Waals surface area contributed by atoms with E-state index in [1.54, 1.807) is 32.0 Å². The summed E-state index contributed by atoms with van der Waals surface area (Å²) in [6, 6.07) is 5.00. The SMILES string of the molecule is COC(=O)C(C)(C)C1Oc2ccc(Br)cc2C(=O)C1=CO. The third-order valence-corrected chi connectivity index (χ3v) is 3.98. The van der Waals surface area contributed by atoms with Crippen LogP contribution in [0.2, 0.25) is 0 Å². The number of rotatable bonds is 2. The van der Waals surface area contributed by atoms with Gasteiger partial charge >= 0.3 is 5.97 Å². The van der Waals surface area contributed by atoms with E-state index in [1.165, 1.54) is 7.11 Å². The molecule has 1 aromatic rings. The summed E-state index contributed by atoms with van der Waals surface area (Å²) in [5.74, 6) is -0.530. The molecule has 0 bridgehead atoms. The Morgan fingerprint density at radius 2 is 2.14 bits per heavy atom. The summed E-state index contributed by atoms with van der Waals surface area (Å²) in [6.45, 7) is 3.20. The van der Waals surface area contributed by atoms with Crippen LogP contribution in [0.15, 0.2) is 34.5 Å². The lowest BCUT2D eigenvalue weighted by Crippen LogP contribution is -2.46. The van der Waals surface area contributed by atoms with Crippen molar-refractivity contribution < 1.29 is 24.2 Å². The molecule has 112 valence electrons. The zero-order valence-corrected chi connectivity index (χ0v) is 13.4. The van der Waals surface area contributed by atoms with Crippen molar-refractivity contribution in [1.82, 2.24) is 0 Å². The fourth-order valence-corrected chi connectivity index (χ4v) is 2.64. The molecule has 1 aliphatic rings. The van der Waals surface area contributed by atoms with Crippen molar-refractivity contribution >= 4 is 27.7 Å². The monoisotopic (exact) mass is 354 g/mol. The summed E-state index contributed by atoms with van der Waals surface area (Å²) in [5, 5.41) is 9.42. The third-order valence-electron chi connectivity index (χ3n) is 3.48. The summed E-state index contributed by atoms with van der Waals surface area (Å²) in [7, 11) is 1.27. The fourth-order valence-electron chi connectivity index (χ4n) is 2.28. The molecule has 0 saturated carbocycles. The van der Waals surface area contributed by atoms with Crippen LogP contribution in [0.1, 0.15) is 24.2 Å². The van der Waals surface area contributed by atoms with Crippen LogP contribution >= 0.6 is 15.9 Å². The molecule has 6 heteroatoms. The molecule has 1 heterocycles. The molecule has 0 amide bonds. The summed E-state index contributed by atoms with van der Waals surface area (Å²) < 4.78 is 11.3. The van der Waals surface area contributed by atoms with Crippen LogP contribution in [0.3, 0.4) is 0 Å². The van der Waals surface area contributed by atoms with Crippen LogP contribution in [0.5, 0.6) is 5.75 Å². The molecule has 0 fully saturated rings. The Labute approximate surface area is 130 Å². The van der Waals surface area contributed by atoms with Gasteiger partial charge in [0.15, 0.2) is 5.78 Å². The van der Waals surface area contributed by atoms with E-state index in [4.69, 9.17) is 9.47 Å². The van der Waals surface area contributed by atoms with E-state index in [1.807, 2.05) is 0 Å². The molecular weight excluding hydrogens is 340 g/mol. The number of carbonyl (C=O) groups is 2. The minimum Gasteiger partial charge on any atom is -0.515 e.